The van der Waals surface area contributed by atoms with Crippen LogP contribution in [0, 0.1) is 0 Å². The van der Waals surface area contributed by atoms with Crippen LogP contribution >= 0.6 is 0 Å². The van der Waals surface area contributed by atoms with Crippen molar-refractivity contribution < 1.29 is 17.1 Å². The van der Waals surface area contributed by atoms with E-state index in [0.717, 1.165) is 0 Å². The highest BCUT2D eigenvalue weighted by molar-refractivity contribution is 6.63. The molecule has 12 heavy (non-hydrogen) atoms. The van der Waals surface area contributed by atoms with E-state index in [9.17, 15) is 0 Å². The summed E-state index contributed by atoms with van der Waals surface area (Å²) in [4.78, 5) is 0. The molecule has 0 spiro atoms. The van der Waals surface area contributed by atoms with E-state index in [1.54, 1.807) is 14.2 Å². The van der Waals surface area contributed by atoms with E-state index in [0.29, 0.717) is 0 Å². The van der Waals surface area contributed by atoms with Gasteiger partial charge in [-0.15, -0.1) is 0 Å². The van der Waals surface area contributed by atoms with Gasteiger partial charge in [-0.2, -0.15) is 0 Å². The number of rotatable bonds is 6. The van der Waals surface area contributed by atoms with Crippen molar-refractivity contribution in [3.8, 4) is 0 Å². The molecule has 0 rings (SSSR count). The topological polar surface area (TPSA) is 36.9 Å². The Morgan fingerprint density at radius 3 is 1.25 bits per heavy atom. The molecule has 2 atom stereocenters. The Hall–Kier alpha value is 0.491. The van der Waals surface area contributed by atoms with Gasteiger partial charge in [-0.25, -0.2) is 0 Å². The third-order valence-corrected chi connectivity index (χ3v) is 8.89. The summed E-state index contributed by atoms with van der Waals surface area (Å²) in [6.45, 7) is 5.99. The van der Waals surface area contributed by atoms with Gasteiger partial charge in [-0.1, -0.05) is 0 Å². The Bertz CT molecular complexity index is 103. The van der Waals surface area contributed by atoms with Crippen molar-refractivity contribution in [3.05, 3.63) is 0 Å². The van der Waals surface area contributed by atoms with E-state index >= 15 is 0 Å². The highest BCUT2D eigenvalue weighted by atomic mass is 28.4. The first-order valence-electron chi connectivity index (χ1n) is 3.96. The summed E-state index contributed by atoms with van der Waals surface area (Å²) in [6.07, 6.45) is 0. The minimum Gasteiger partial charge on any atom is -0.420 e. The molecule has 2 unspecified atom stereocenters. The van der Waals surface area contributed by atoms with E-state index in [2.05, 4.69) is 0 Å². The van der Waals surface area contributed by atoms with Crippen LogP contribution in [0.4, 0.5) is 0 Å². The van der Waals surface area contributed by atoms with Crippen LogP contribution in [0.1, 0.15) is 0 Å². The molecule has 0 saturated heterocycles. The summed E-state index contributed by atoms with van der Waals surface area (Å²) < 4.78 is 21.3. The first-order chi connectivity index (χ1) is 5.60. The number of hydrogen-bond acceptors (Lipinski definition) is 4. The van der Waals surface area contributed by atoms with Crippen molar-refractivity contribution in [1.29, 1.82) is 0 Å². The quantitative estimate of drug-likeness (QED) is 0.591. The zero-order chi connectivity index (χ0) is 9.56. The molecule has 74 valence electrons. The van der Waals surface area contributed by atoms with E-state index < -0.39 is 27.9 Å². The van der Waals surface area contributed by atoms with Crippen LogP contribution in [-0.2, 0) is 17.1 Å². The Morgan fingerprint density at radius 1 is 0.667 bits per heavy atom. The molecule has 0 amide bonds. The smallest absolute Gasteiger partial charge is 0.308 e. The SMILES string of the molecule is CO[SiH](C)O[SiH](C)O[SiH](C)OC. The summed E-state index contributed by atoms with van der Waals surface area (Å²) >= 11 is 0. The zero-order valence-electron chi connectivity index (χ0n) is 8.37. The van der Waals surface area contributed by atoms with Gasteiger partial charge in [0.25, 0.3) is 9.28 Å². The molecular weight excluding hydrogens is 208 g/mol. The van der Waals surface area contributed by atoms with Crippen LogP contribution in [0.2, 0.25) is 19.6 Å². The van der Waals surface area contributed by atoms with Crippen molar-refractivity contribution >= 4 is 27.9 Å². The molecule has 0 aromatic rings. The van der Waals surface area contributed by atoms with Crippen LogP contribution in [0.15, 0.2) is 0 Å². The third-order valence-electron chi connectivity index (χ3n) is 1.43. The van der Waals surface area contributed by atoms with E-state index in [1.807, 2.05) is 19.6 Å². The normalized spacial score (nSPS) is 18.8. The summed E-state index contributed by atoms with van der Waals surface area (Å²) in [5.74, 6) is 0. The predicted molar refractivity (Wildman–Crippen MR) is 55.2 cm³/mol. The molecule has 0 radical (unpaired) electrons. The maximum absolute atomic E-state index is 5.56. The van der Waals surface area contributed by atoms with Crippen molar-refractivity contribution in [2.45, 2.75) is 19.6 Å². The highest BCUT2D eigenvalue weighted by Crippen LogP contribution is 1.96. The lowest BCUT2D eigenvalue weighted by molar-refractivity contribution is 0.290. The van der Waals surface area contributed by atoms with Gasteiger partial charge in [0, 0.05) is 14.2 Å². The fourth-order valence-electron chi connectivity index (χ4n) is 0.683. The Balaban J connectivity index is 3.51. The third kappa shape index (κ3) is 6.06. The predicted octanol–water partition coefficient (Wildman–Crippen LogP) is -0.137. The standard InChI is InChI=1S/C5H18O4Si3/c1-6-10(3)8-12(5)9-11(4)7-2/h10-12H,1-5H3. The fourth-order valence-corrected chi connectivity index (χ4v) is 6.72. The van der Waals surface area contributed by atoms with Crippen LogP contribution in [0.3, 0.4) is 0 Å². The second-order valence-electron chi connectivity index (χ2n) is 2.45. The molecule has 0 aromatic carbocycles. The minimum atomic E-state index is -1.48. The van der Waals surface area contributed by atoms with Gasteiger partial charge in [0.05, 0.1) is 0 Å². The van der Waals surface area contributed by atoms with E-state index in [1.165, 1.54) is 0 Å². The molecule has 0 saturated carbocycles. The van der Waals surface area contributed by atoms with Crippen molar-refractivity contribution in [2.24, 2.45) is 0 Å². The molecular formula is C5H18O4Si3. The van der Waals surface area contributed by atoms with E-state index in [-0.39, 0.29) is 0 Å². The van der Waals surface area contributed by atoms with Crippen LogP contribution in [0.5, 0.6) is 0 Å². The van der Waals surface area contributed by atoms with Crippen molar-refractivity contribution in [2.75, 3.05) is 14.2 Å². The molecule has 0 bridgehead atoms. The average Bonchev–Trinajstić information content (AvgIpc) is 2.03. The highest BCUT2D eigenvalue weighted by Gasteiger charge is 2.15. The Kier molecular flexibility index (Phi) is 7.23. The number of hydrogen-bond donors (Lipinski definition) is 0. The van der Waals surface area contributed by atoms with Crippen LogP contribution in [0.25, 0.3) is 0 Å². The van der Waals surface area contributed by atoms with Gasteiger partial charge in [0.15, 0.2) is 0 Å². The average molecular weight is 226 g/mol. The maximum atomic E-state index is 5.56. The molecule has 7 heteroatoms. The molecule has 4 nitrogen and oxygen atoms in total. The van der Waals surface area contributed by atoms with Crippen LogP contribution < -0.4 is 0 Å². The van der Waals surface area contributed by atoms with Crippen molar-refractivity contribution in [1.82, 2.24) is 0 Å². The minimum absolute atomic E-state index is 1.41. The summed E-state index contributed by atoms with van der Waals surface area (Å²) in [6, 6.07) is 0. The van der Waals surface area contributed by atoms with Gasteiger partial charge in [0.2, 0.25) is 0 Å². The molecule has 0 aliphatic carbocycles. The summed E-state index contributed by atoms with van der Waals surface area (Å²) in [5, 5.41) is 0. The Morgan fingerprint density at radius 2 is 1.00 bits per heavy atom. The fraction of sp³-hybridized carbons (Fsp3) is 1.00. The van der Waals surface area contributed by atoms with Crippen LogP contribution in [-0.4, -0.2) is 42.1 Å². The van der Waals surface area contributed by atoms with Gasteiger partial charge in [-0.3, -0.25) is 0 Å². The zero-order valence-corrected chi connectivity index (χ0v) is 11.8. The first kappa shape index (κ1) is 12.5. The second kappa shape index (κ2) is 6.95. The lowest BCUT2D eigenvalue weighted by Gasteiger charge is -2.19. The second-order valence-corrected chi connectivity index (χ2v) is 8.97. The first-order valence-corrected chi connectivity index (χ1v) is 10.3. The van der Waals surface area contributed by atoms with Gasteiger partial charge < -0.3 is 17.1 Å². The lowest BCUT2D eigenvalue weighted by Crippen LogP contribution is -2.34. The lowest BCUT2D eigenvalue weighted by atomic mass is 11.8. The monoisotopic (exact) mass is 226 g/mol. The van der Waals surface area contributed by atoms with Gasteiger partial charge in [0.1, 0.15) is 0 Å². The molecule has 0 aliphatic heterocycles. The molecule has 0 heterocycles. The van der Waals surface area contributed by atoms with Gasteiger partial charge in [-0.05, 0) is 19.6 Å². The van der Waals surface area contributed by atoms with Crippen molar-refractivity contribution in [3.63, 3.8) is 0 Å². The Labute approximate surface area is 79.3 Å². The summed E-state index contributed by atoms with van der Waals surface area (Å²) in [5.41, 5.74) is 0. The molecule has 0 fully saturated rings. The maximum Gasteiger partial charge on any atom is 0.308 e. The molecule has 0 aliphatic rings. The molecule has 0 aromatic heterocycles. The molecule has 0 N–H and O–H groups in total. The largest absolute Gasteiger partial charge is 0.420 e. The van der Waals surface area contributed by atoms with E-state index in [4.69, 9.17) is 17.1 Å². The van der Waals surface area contributed by atoms with Gasteiger partial charge >= 0.3 is 18.6 Å². The summed E-state index contributed by atoms with van der Waals surface area (Å²) in [7, 11) is -0.940.